The minimum atomic E-state index is -0.397. The fourth-order valence-corrected chi connectivity index (χ4v) is 1.27. The van der Waals surface area contributed by atoms with Crippen LogP contribution >= 0.6 is 23.2 Å². The highest BCUT2D eigenvalue weighted by Crippen LogP contribution is 2.23. The van der Waals surface area contributed by atoms with Gasteiger partial charge in [0.15, 0.2) is 0 Å². The van der Waals surface area contributed by atoms with E-state index in [-0.39, 0.29) is 0 Å². The van der Waals surface area contributed by atoms with Crippen LogP contribution in [0, 0.1) is 0 Å². The third-order valence-corrected chi connectivity index (χ3v) is 2.22. The number of hydrogen-bond donors (Lipinski definition) is 0. The Morgan fingerprint density at radius 1 is 0.600 bits per heavy atom. The molecule has 2 aromatic rings. The summed E-state index contributed by atoms with van der Waals surface area (Å²) < 4.78 is 0. The summed E-state index contributed by atoms with van der Waals surface area (Å²) in [6, 6.07) is 21.5. The predicted octanol–water partition coefficient (Wildman–Crippen LogP) is 4.85. The molecule has 0 nitrogen and oxygen atoms in total. The zero-order valence-electron chi connectivity index (χ0n) is 8.18. The highest BCUT2D eigenvalue weighted by molar-refractivity contribution is 6.44. The molecule has 0 N–H and O–H groups in total. The van der Waals surface area contributed by atoms with Gasteiger partial charge in [-0.3, -0.25) is 0 Å². The van der Waals surface area contributed by atoms with Crippen LogP contribution in [-0.2, 0) is 0 Å². The van der Waals surface area contributed by atoms with E-state index < -0.39 is 4.84 Å². The monoisotopic (exact) mass is 238 g/mol. The van der Waals surface area contributed by atoms with Gasteiger partial charge in [0.2, 0.25) is 0 Å². The van der Waals surface area contributed by atoms with Gasteiger partial charge < -0.3 is 0 Å². The molecule has 0 aliphatic heterocycles. The first kappa shape index (κ1) is 12.1. The van der Waals surface area contributed by atoms with Crippen molar-refractivity contribution in [1.82, 2.24) is 0 Å². The van der Waals surface area contributed by atoms with Crippen molar-refractivity contribution >= 4 is 23.2 Å². The van der Waals surface area contributed by atoms with Crippen LogP contribution in [0.25, 0.3) is 0 Å². The minimum Gasteiger partial charge on any atom is -0.100 e. The standard InChI is InChI=1S/C7H6Cl2.C6H6/c8-7(9)6-4-2-1-3-5-6;1-2-4-6-5-3-1/h1-5,7H;1-6H. The molecule has 0 radical (unpaired) electrons. The van der Waals surface area contributed by atoms with Gasteiger partial charge in [0.05, 0.1) is 0 Å². The number of benzene rings is 2. The van der Waals surface area contributed by atoms with E-state index in [2.05, 4.69) is 0 Å². The normalized spacial score (nSPS) is 9.27. The fourth-order valence-electron chi connectivity index (χ4n) is 0.983. The molecule has 0 bridgehead atoms. The molecule has 0 aliphatic carbocycles. The van der Waals surface area contributed by atoms with E-state index in [9.17, 15) is 0 Å². The smallest absolute Gasteiger partial charge is 0.100 e. The van der Waals surface area contributed by atoms with E-state index in [1.54, 1.807) is 0 Å². The van der Waals surface area contributed by atoms with E-state index in [1.165, 1.54) is 0 Å². The molecule has 0 aliphatic rings. The van der Waals surface area contributed by atoms with Crippen LogP contribution in [0.3, 0.4) is 0 Å². The second-order valence-corrected chi connectivity index (χ2v) is 3.96. The summed E-state index contributed by atoms with van der Waals surface area (Å²) in [5.74, 6) is 0. The van der Waals surface area contributed by atoms with E-state index in [4.69, 9.17) is 23.2 Å². The molecule has 78 valence electrons. The van der Waals surface area contributed by atoms with Gasteiger partial charge in [-0.25, -0.2) is 0 Å². The Morgan fingerprint density at radius 2 is 0.933 bits per heavy atom. The largest absolute Gasteiger partial charge is 0.132 e. The van der Waals surface area contributed by atoms with Crippen LogP contribution in [0.4, 0.5) is 0 Å². The summed E-state index contributed by atoms with van der Waals surface area (Å²) in [6.45, 7) is 0. The lowest BCUT2D eigenvalue weighted by Crippen LogP contribution is -1.76. The number of hydrogen-bond acceptors (Lipinski definition) is 0. The van der Waals surface area contributed by atoms with Crippen molar-refractivity contribution in [2.75, 3.05) is 0 Å². The minimum absolute atomic E-state index is 0.397. The molecule has 0 saturated heterocycles. The van der Waals surface area contributed by atoms with Gasteiger partial charge in [-0.2, -0.15) is 0 Å². The van der Waals surface area contributed by atoms with Crippen LogP contribution < -0.4 is 0 Å². The zero-order valence-corrected chi connectivity index (χ0v) is 9.70. The van der Waals surface area contributed by atoms with Gasteiger partial charge >= 0.3 is 0 Å². The maximum atomic E-state index is 5.57. The second kappa shape index (κ2) is 7.33. The first-order valence-electron chi connectivity index (χ1n) is 4.64. The van der Waals surface area contributed by atoms with Gasteiger partial charge in [0, 0.05) is 0 Å². The van der Waals surface area contributed by atoms with Crippen LogP contribution in [0.15, 0.2) is 66.7 Å². The first-order valence-corrected chi connectivity index (χ1v) is 5.51. The topological polar surface area (TPSA) is 0 Å². The molecule has 2 rings (SSSR count). The average Bonchev–Trinajstić information content (AvgIpc) is 2.33. The van der Waals surface area contributed by atoms with Crippen LogP contribution in [0.2, 0.25) is 0 Å². The van der Waals surface area contributed by atoms with Gasteiger partial charge in [-0.15, -0.1) is 23.2 Å². The Morgan fingerprint density at radius 3 is 1.20 bits per heavy atom. The van der Waals surface area contributed by atoms with Gasteiger partial charge in [0.1, 0.15) is 4.84 Å². The van der Waals surface area contributed by atoms with Crippen molar-refractivity contribution in [3.63, 3.8) is 0 Å². The maximum Gasteiger partial charge on any atom is 0.132 e. The summed E-state index contributed by atoms with van der Waals surface area (Å²) in [5, 5.41) is 0. The molecule has 2 aromatic carbocycles. The molecule has 0 atom stereocenters. The molecule has 0 amide bonds. The highest BCUT2D eigenvalue weighted by atomic mass is 35.5. The van der Waals surface area contributed by atoms with Crippen molar-refractivity contribution in [3.8, 4) is 0 Å². The lowest BCUT2D eigenvalue weighted by Gasteiger charge is -1.97. The predicted molar refractivity (Wildman–Crippen MR) is 67.3 cm³/mol. The number of alkyl halides is 2. The summed E-state index contributed by atoms with van der Waals surface area (Å²) in [6.07, 6.45) is 0. The molecule has 0 fully saturated rings. The molecule has 0 spiro atoms. The van der Waals surface area contributed by atoms with E-state index in [0.29, 0.717) is 0 Å². The van der Waals surface area contributed by atoms with Crippen molar-refractivity contribution in [2.45, 2.75) is 4.84 Å². The number of halogens is 2. The van der Waals surface area contributed by atoms with Crippen molar-refractivity contribution in [1.29, 1.82) is 0 Å². The maximum absolute atomic E-state index is 5.57. The van der Waals surface area contributed by atoms with Crippen LogP contribution in [0.5, 0.6) is 0 Å². The summed E-state index contributed by atoms with van der Waals surface area (Å²) >= 11 is 11.1. The molecule has 15 heavy (non-hydrogen) atoms. The lowest BCUT2D eigenvalue weighted by atomic mass is 10.2. The Labute approximate surface area is 100 Å². The fraction of sp³-hybridized carbons (Fsp3) is 0.0769. The molecular weight excluding hydrogens is 227 g/mol. The van der Waals surface area contributed by atoms with Crippen molar-refractivity contribution in [3.05, 3.63) is 72.3 Å². The van der Waals surface area contributed by atoms with Crippen molar-refractivity contribution < 1.29 is 0 Å². The van der Waals surface area contributed by atoms with Crippen molar-refractivity contribution in [2.24, 2.45) is 0 Å². The van der Waals surface area contributed by atoms with E-state index in [0.717, 1.165) is 5.56 Å². The molecule has 0 unspecified atom stereocenters. The van der Waals surface area contributed by atoms with E-state index >= 15 is 0 Å². The molecular formula is C13H12Cl2. The molecule has 2 heteroatoms. The average molecular weight is 239 g/mol. The zero-order chi connectivity index (χ0) is 10.9. The summed E-state index contributed by atoms with van der Waals surface area (Å²) in [7, 11) is 0. The SMILES string of the molecule is ClC(Cl)c1ccccc1.c1ccccc1. The van der Waals surface area contributed by atoms with Gasteiger partial charge in [0.25, 0.3) is 0 Å². The second-order valence-electron chi connectivity index (χ2n) is 2.87. The van der Waals surface area contributed by atoms with Crippen LogP contribution in [-0.4, -0.2) is 0 Å². The summed E-state index contributed by atoms with van der Waals surface area (Å²) in [5.41, 5.74) is 0.945. The van der Waals surface area contributed by atoms with E-state index in [1.807, 2.05) is 66.7 Å². The van der Waals surface area contributed by atoms with Gasteiger partial charge in [-0.05, 0) is 5.56 Å². The Kier molecular flexibility index (Phi) is 5.91. The molecule has 0 heterocycles. The Bertz CT molecular complexity index is 317. The van der Waals surface area contributed by atoms with Crippen LogP contribution in [0.1, 0.15) is 10.4 Å². The third-order valence-electron chi connectivity index (χ3n) is 1.72. The molecule has 0 saturated carbocycles. The highest BCUT2D eigenvalue weighted by Gasteiger charge is 1.98. The Hall–Kier alpha value is -0.980. The van der Waals surface area contributed by atoms with Gasteiger partial charge in [-0.1, -0.05) is 66.7 Å². The number of rotatable bonds is 1. The third kappa shape index (κ3) is 5.46. The first-order chi connectivity index (χ1) is 7.30. The summed E-state index contributed by atoms with van der Waals surface area (Å²) in [4.78, 5) is -0.397. The lowest BCUT2D eigenvalue weighted by molar-refractivity contribution is 1.35. The quantitative estimate of drug-likeness (QED) is 0.624. The molecule has 0 aromatic heterocycles. The Balaban J connectivity index is 0.000000162.